The molecule has 0 saturated carbocycles. The molecule has 0 atom stereocenters. The summed E-state index contributed by atoms with van der Waals surface area (Å²) in [7, 11) is 0. The lowest BCUT2D eigenvalue weighted by atomic mass is 10.1. The van der Waals surface area contributed by atoms with Gasteiger partial charge in [0, 0.05) is 19.7 Å². The molecule has 0 radical (unpaired) electrons. The van der Waals surface area contributed by atoms with Gasteiger partial charge >= 0.3 is 0 Å². The number of carbonyl (C=O) groups is 1. The molecule has 0 aliphatic carbocycles. The predicted molar refractivity (Wildman–Crippen MR) is 70.4 cm³/mol. The maximum atomic E-state index is 11.9. The van der Waals surface area contributed by atoms with Crippen LogP contribution in [0.3, 0.4) is 0 Å². The van der Waals surface area contributed by atoms with E-state index in [0.29, 0.717) is 38.6 Å². The third-order valence-corrected chi connectivity index (χ3v) is 3.28. The van der Waals surface area contributed by atoms with Crippen LogP contribution in [0.15, 0.2) is 0 Å². The molecule has 1 aliphatic rings. The molecule has 1 amide bonds. The number of rotatable bonds is 8. The normalized spacial score (nSPS) is 16.8. The van der Waals surface area contributed by atoms with Gasteiger partial charge in [-0.2, -0.15) is 0 Å². The van der Waals surface area contributed by atoms with E-state index >= 15 is 0 Å². The van der Waals surface area contributed by atoms with Crippen LogP contribution in [0.2, 0.25) is 0 Å². The van der Waals surface area contributed by atoms with Gasteiger partial charge in [-0.15, -0.1) is 0 Å². The molecule has 5 nitrogen and oxygen atoms in total. The number of hydrogen-bond acceptors (Lipinski definition) is 4. The maximum Gasteiger partial charge on any atom is 0.224 e. The van der Waals surface area contributed by atoms with Crippen molar-refractivity contribution in [3.8, 4) is 0 Å². The second-order valence-electron chi connectivity index (χ2n) is 4.62. The minimum absolute atomic E-state index is 0.125. The smallest absolute Gasteiger partial charge is 0.224 e. The molecule has 1 aliphatic heterocycles. The summed E-state index contributed by atoms with van der Waals surface area (Å²) in [6.07, 6.45) is 3.48. The molecule has 0 aromatic rings. The summed E-state index contributed by atoms with van der Waals surface area (Å²) >= 11 is 0. The van der Waals surface area contributed by atoms with Gasteiger partial charge in [-0.3, -0.25) is 4.79 Å². The third-order valence-electron chi connectivity index (χ3n) is 3.28. The molecule has 0 unspecified atom stereocenters. The molecule has 0 aromatic carbocycles. The maximum absolute atomic E-state index is 11.9. The molecular formula is C13H26N2O3. The molecule has 0 aromatic heterocycles. The first-order valence-corrected chi connectivity index (χ1v) is 6.99. The fourth-order valence-electron chi connectivity index (χ4n) is 2.15. The van der Waals surface area contributed by atoms with Gasteiger partial charge in [0.1, 0.15) is 0 Å². The van der Waals surface area contributed by atoms with Crippen LogP contribution in [0, 0.1) is 0 Å². The lowest BCUT2D eigenvalue weighted by Crippen LogP contribution is -2.35. The van der Waals surface area contributed by atoms with Crippen LogP contribution in [0.1, 0.15) is 32.6 Å². The summed E-state index contributed by atoms with van der Waals surface area (Å²) in [5, 5.41) is 12.1. The van der Waals surface area contributed by atoms with Gasteiger partial charge in [-0.05, 0) is 39.3 Å². The number of piperidine rings is 1. The second kappa shape index (κ2) is 9.30. The zero-order valence-corrected chi connectivity index (χ0v) is 11.4. The van der Waals surface area contributed by atoms with Gasteiger partial charge < -0.3 is 20.1 Å². The minimum Gasteiger partial charge on any atom is -0.396 e. The van der Waals surface area contributed by atoms with E-state index < -0.39 is 0 Å². The molecule has 0 spiro atoms. The van der Waals surface area contributed by atoms with E-state index in [1.54, 1.807) is 4.90 Å². The first kappa shape index (κ1) is 15.4. The Morgan fingerprint density at radius 3 is 2.78 bits per heavy atom. The molecule has 18 heavy (non-hydrogen) atoms. The summed E-state index contributed by atoms with van der Waals surface area (Å²) < 4.78 is 5.72. The van der Waals surface area contributed by atoms with Gasteiger partial charge in [-0.1, -0.05) is 0 Å². The molecule has 1 heterocycles. The first-order valence-electron chi connectivity index (χ1n) is 6.99. The lowest BCUT2D eigenvalue weighted by molar-refractivity contribution is -0.132. The Hall–Kier alpha value is -0.650. The van der Waals surface area contributed by atoms with E-state index in [1.807, 2.05) is 6.92 Å². The topological polar surface area (TPSA) is 61.8 Å². The van der Waals surface area contributed by atoms with Crippen molar-refractivity contribution in [3.05, 3.63) is 0 Å². The number of aliphatic hydroxyl groups excluding tert-OH is 1. The molecule has 5 heteroatoms. The van der Waals surface area contributed by atoms with E-state index in [2.05, 4.69) is 5.32 Å². The largest absolute Gasteiger partial charge is 0.396 e. The van der Waals surface area contributed by atoms with Crippen LogP contribution in [0.5, 0.6) is 0 Å². The van der Waals surface area contributed by atoms with Crippen molar-refractivity contribution < 1.29 is 14.6 Å². The Morgan fingerprint density at radius 1 is 1.44 bits per heavy atom. The number of ether oxygens (including phenoxy) is 1. The van der Waals surface area contributed by atoms with E-state index in [9.17, 15) is 4.79 Å². The van der Waals surface area contributed by atoms with Crippen LogP contribution in [-0.2, 0) is 9.53 Å². The standard InChI is InChI=1S/C13H26N2O3/c1-2-15(9-3-10-16)13(17)6-11-18-12-4-7-14-8-5-12/h12,14,16H,2-11H2,1H3. The molecule has 1 rings (SSSR count). The van der Waals surface area contributed by atoms with Crippen LogP contribution in [-0.4, -0.2) is 61.4 Å². The van der Waals surface area contributed by atoms with Crippen LogP contribution < -0.4 is 5.32 Å². The highest BCUT2D eigenvalue weighted by Gasteiger charge is 2.15. The van der Waals surface area contributed by atoms with Crippen LogP contribution >= 0.6 is 0 Å². The second-order valence-corrected chi connectivity index (χ2v) is 4.62. The summed E-state index contributed by atoms with van der Waals surface area (Å²) in [6, 6.07) is 0. The average Bonchev–Trinajstić information content (AvgIpc) is 2.41. The lowest BCUT2D eigenvalue weighted by Gasteiger charge is -2.24. The van der Waals surface area contributed by atoms with Crippen molar-refractivity contribution in [2.45, 2.75) is 38.7 Å². The predicted octanol–water partition coefficient (Wildman–Crippen LogP) is 0.376. The fourth-order valence-corrected chi connectivity index (χ4v) is 2.15. The highest BCUT2D eigenvalue weighted by molar-refractivity contribution is 5.76. The molecule has 0 bridgehead atoms. The zero-order valence-electron chi connectivity index (χ0n) is 11.4. The quantitative estimate of drug-likeness (QED) is 0.660. The number of nitrogens with zero attached hydrogens (tertiary/aromatic N) is 1. The van der Waals surface area contributed by atoms with Gasteiger partial charge in [-0.25, -0.2) is 0 Å². The number of carbonyl (C=O) groups excluding carboxylic acids is 1. The Bertz CT molecular complexity index is 230. The van der Waals surface area contributed by atoms with Crippen molar-refractivity contribution in [1.82, 2.24) is 10.2 Å². The van der Waals surface area contributed by atoms with Gasteiger partial charge in [0.2, 0.25) is 5.91 Å². The minimum atomic E-state index is 0.125. The van der Waals surface area contributed by atoms with Crippen molar-refractivity contribution >= 4 is 5.91 Å². The third kappa shape index (κ3) is 5.80. The van der Waals surface area contributed by atoms with Crippen molar-refractivity contribution in [1.29, 1.82) is 0 Å². The average molecular weight is 258 g/mol. The zero-order chi connectivity index (χ0) is 13.2. The Labute approximate surface area is 109 Å². The summed E-state index contributed by atoms with van der Waals surface area (Å²) in [4.78, 5) is 13.7. The Kier molecular flexibility index (Phi) is 7.96. The van der Waals surface area contributed by atoms with Gasteiger partial charge in [0.25, 0.3) is 0 Å². The molecule has 1 fully saturated rings. The van der Waals surface area contributed by atoms with Crippen molar-refractivity contribution in [2.75, 3.05) is 39.4 Å². The van der Waals surface area contributed by atoms with E-state index in [-0.39, 0.29) is 12.5 Å². The van der Waals surface area contributed by atoms with Crippen molar-refractivity contribution in [3.63, 3.8) is 0 Å². The van der Waals surface area contributed by atoms with Crippen LogP contribution in [0.4, 0.5) is 0 Å². The van der Waals surface area contributed by atoms with E-state index in [4.69, 9.17) is 9.84 Å². The number of amides is 1. The van der Waals surface area contributed by atoms with E-state index in [0.717, 1.165) is 25.9 Å². The van der Waals surface area contributed by atoms with Gasteiger partial charge in [0.05, 0.1) is 19.1 Å². The monoisotopic (exact) mass is 258 g/mol. The van der Waals surface area contributed by atoms with Gasteiger partial charge in [0.15, 0.2) is 0 Å². The highest BCUT2D eigenvalue weighted by atomic mass is 16.5. The Balaban J connectivity index is 2.13. The summed E-state index contributed by atoms with van der Waals surface area (Å²) in [5.74, 6) is 0.125. The first-order chi connectivity index (χ1) is 8.77. The number of aliphatic hydroxyl groups is 1. The molecular weight excluding hydrogens is 232 g/mol. The van der Waals surface area contributed by atoms with Crippen LogP contribution in [0.25, 0.3) is 0 Å². The number of nitrogens with one attached hydrogen (secondary N) is 1. The highest BCUT2D eigenvalue weighted by Crippen LogP contribution is 2.08. The molecule has 106 valence electrons. The Morgan fingerprint density at radius 2 is 2.17 bits per heavy atom. The fraction of sp³-hybridized carbons (Fsp3) is 0.923. The summed E-state index contributed by atoms with van der Waals surface area (Å²) in [5.41, 5.74) is 0. The van der Waals surface area contributed by atoms with E-state index in [1.165, 1.54) is 0 Å². The molecule has 1 saturated heterocycles. The number of hydrogen-bond donors (Lipinski definition) is 2. The summed E-state index contributed by atoms with van der Waals surface area (Å²) in [6.45, 7) is 5.97. The van der Waals surface area contributed by atoms with Crippen molar-refractivity contribution in [2.24, 2.45) is 0 Å². The molecule has 2 N–H and O–H groups in total. The SMILES string of the molecule is CCN(CCCO)C(=O)CCOC1CCNCC1.